The van der Waals surface area contributed by atoms with Crippen molar-refractivity contribution < 1.29 is 23.8 Å². The van der Waals surface area contributed by atoms with Crippen LogP contribution >= 0.6 is 0 Å². The Morgan fingerprint density at radius 1 is 1.14 bits per heavy atom. The van der Waals surface area contributed by atoms with Crippen LogP contribution in [0.1, 0.15) is 36.6 Å². The van der Waals surface area contributed by atoms with Crippen LogP contribution in [0.4, 0.5) is 14.9 Å². The number of fused-ring (bicyclic) bond motifs is 4. The summed E-state index contributed by atoms with van der Waals surface area (Å²) in [6.07, 6.45) is 2.83. The second kappa shape index (κ2) is 8.76. The van der Waals surface area contributed by atoms with Crippen LogP contribution in [-0.4, -0.2) is 64.8 Å². The minimum atomic E-state index is -0.583. The lowest BCUT2D eigenvalue weighted by atomic mass is 9.68. The minimum absolute atomic E-state index is 0.170. The normalized spacial score (nSPS) is 20.1. The van der Waals surface area contributed by atoms with E-state index in [2.05, 4.69) is 5.32 Å². The van der Waals surface area contributed by atoms with Crippen LogP contribution in [0.25, 0.3) is 10.9 Å². The molecule has 1 atom stereocenters. The largest absolute Gasteiger partial charge is 0.497 e. The third-order valence-corrected chi connectivity index (χ3v) is 8.18. The average Bonchev–Trinajstić information content (AvgIpc) is 3.65. The zero-order chi connectivity index (χ0) is 25.9. The van der Waals surface area contributed by atoms with Gasteiger partial charge >= 0.3 is 6.03 Å². The highest BCUT2D eigenvalue weighted by Crippen LogP contribution is 2.50. The second-order valence-electron chi connectivity index (χ2n) is 10.6. The number of aliphatic hydroxyl groups is 1. The first kappa shape index (κ1) is 23.8. The number of aliphatic hydroxyl groups excluding tert-OH is 1. The highest BCUT2D eigenvalue weighted by molar-refractivity contribution is 5.93. The Labute approximate surface area is 214 Å². The fourth-order valence-corrected chi connectivity index (χ4v) is 6.12. The molecule has 2 aromatic carbocycles. The molecule has 0 unspecified atom stereocenters. The van der Waals surface area contributed by atoms with E-state index in [0.717, 1.165) is 40.8 Å². The molecule has 3 amide bonds. The van der Waals surface area contributed by atoms with Gasteiger partial charge in [-0.25, -0.2) is 9.18 Å². The van der Waals surface area contributed by atoms with Gasteiger partial charge in [0.15, 0.2) is 0 Å². The number of urea groups is 1. The van der Waals surface area contributed by atoms with Gasteiger partial charge in [-0.3, -0.25) is 4.79 Å². The maximum absolute atomic E-state index is 13.6. The number of methoxy groups -OCH3 is 1. The molecule has 37 heavy (non-hydrogen) atoms. The van der Waals surface area contributed by atoms with Gasteiger partial charge in [-0.2, -0.15) is 0 Å². The van der Waals surface area contributed by atoms with E-state index in [0.29, 0.717) is 37.7 Å². The molecule has 2 N–H and O–H groups in total. The first-order valence-corrected chi connectivity index (χ1v) is 12.7. The quantitative estimate of drug-likeness (QED) is 0.551. The SMILES string of the molecule is COc1ccc2c3c(n(C)c2c1)[C@@H](CO)N(C(=O)Nc1ccc(F)cc1)CC31CN(C(=O)CC2CC2)C1. The summed E-state index contributed by atoms with van der Waals surface area (Å²) in [7, 11) is 3.56. The molecule has 1 saturated heterocycles. The maximum Gasteiger partial charge on any atom is 0.322 e. The van der Waals surface area contributed by atoms with Crippen molar-refractivity contribution >= 4 is 28.5 Å². The van der Waals surface area contributed by atoms with Crippen LogP contribution in [0.5, 0.6) is 5.75 Å². The Hall–Kier alpha value is -3.59. The van der Waals surface area contributed by atoms with Crippen LogP contribution in [0.3, 0.4) is 0 Å². The number of rotatable bonds is 5. The van der Waals surface area contributed by atoms with Gasteiger partial charge in [0.25, 0.3) is 0 Å². The standard InChI is InChI=1S/C28H31FN4O4/c1-31-22-12-20(37-2)9-10-21(22)25-26(31)23(13-34)33(27(36)30-19-7-5-18(29)6-8-19)16-28(25)14-32(15-28)24(35)11-17-3-4-17/h5-10,12,17,23,34H,3-4,11,13-16H2,1-2H3,(H,30,36)/t23-/m1/s1. The van der Waals surface area contributed by atoms with Crippen molar-refractivity contribution in [3.05, 3.63) is 59.5 Å². The number of halogens is 1. The molecule has 1 saturated carbocycles. The van der Waals surface area contributed by atoms with Gasteiger partial charge in [0.1, 0.15) is 11.6 Å². The number of aryl methyl sites for hydroxylation is 1. The summed E-state index contributed by atoms with van der Waals surface area (Å²) in [4.78, 5) is 30.0. The van der Waals surface area contributed by atoms with E-state index < -0.39 is 11.5 Å². The monoisotopic (exact) mass is 506 g/mol. The molecule has 3 heterocycles. The number of benzene rings is 2. The molecule has 1 spiro atoms. The van der Waals surface area contributed by atoms with Gasteiger partial charge in [0.2, 0.25) is 5.91 Å². The van der Waals surface area contributed by atoms with Crippen molar-refractivity contribution in [1.82, 2.24) is 14.4 Å². The van der Waals surface area contributed by atoms with Crippen molar-refractivity contribution in [2.75, 3.05) is 38.7 Å². The number of carbonyl (C=O) groups excluding carboxylic acids is 2. The Kier molecular flexibility index (Phi) is 5.63. The second-order valence-corrected chi connectivity index (χ2v) is 10.6. The zero-order valence-corrected chi connectivity index (χ0v) is 21.0. The van der Waals surface area contributed by atoms with Gasteiger partial charge in [-0.15, -0.1) is 0 Å². The smallest absolute Gasteiger partial charge is 0.322 e. The van der Waals surface area contributed by atoms with Crippen molar-refractivity contribution in [2.24, 2.45) is 13.0 Å². The molecule has 1 aliphatic carbocycles. The van der Waals surface area contributed by atoms with Gasteiger partial charge in [-0.1, -0.05) is 0 Å². The summed E-state index contributed by atoms with van der Waals surface area (Å²) in [5.74, 6) is 1.01. The molecule has 3 aliphatic rings. The maximum atomic E-state index is 13.6. The fourth-order valence-electron chi connectivity index (χ4n) is 6.12. The lowest BCUT2D eigenvalue weighted by Gasteiger charge is -2.56. The van der Waals surface area contributed by atoms with Crippen LogP contribution in [0, 0.1) is 11.7 Å². The molecule has 194 valence electrons. The Bertz CT molecular complexity index is 1380. The summed E-state index contributed by atoms with van der Waals surface area (Å²) in [6, 6.07) is 10.6. The number of nitrogens with one attached hydrogen (secondary N) is 1. The molecule has 2 aliphatic heterocycles. The molecular weight excluding hydrogens is 475 g/mol. The number of hydrogen-bond acceptors (Lipinski definition) is 4. The van der Waals surface area contributed by atoms with Crippen LogP contribution in [0.2, 0.25) is 0 Å². The number of carbonyl (C=O) groups is 2. The van der Waals surface area contributed by atoms with Crippen molar-refractivity contribution in [1.29, 1.82) is 0 Å². The molecule has 9 heteroatoms. The predicted octanol–water partition coefficient (Wildman–Crippen LogP) is 3.79. The summed E-state index contributed by atoms with van der Waals surface area (Å²) < 4.78 is 20.9. The summed E-state index contributed by atoms with van der Waals surface area (Å²) in [6.45, 7) is 1.15. The molecule has 2 fully saturated rings. The van der Waals surface area contributed by atoms with Crippen molar-refractivity contribution in [3.8, 4) is 5.75 Å². The van der Waals surface area contributed by atoms with E-state index in [-0.39, 0.29) is 24.4 Å². The van der Waals surface area contributed by atoms with E-state index in [4.69, 9.17) is 4.74 Å². The number of anilines is 1. The average molecular weight is 507 g/mol. The Balaban J connectivity index is 1.41. The minimum Gasteiger partial charge on any atom is -0.497 e. The van der Waals surface area contributed by atoms with Crippen LogP contribution in [-0.2, 0) is 17.3 Å². The Morgan fingerprint density at radius 2 is 1.86 bits per heavy atom. The van der Waals surface area contributed by atoms with Gasteiger partial charge in [0.05, 0.1) is 30.7 Å². The third kappa shape index (κ3) is 3.92. The predicted molar refractivity (Wildman–Crippen MR) is 137 cm³/mol. The highest BCUT2D eigenvalue weighted by Gasteiger charge is 2.55. The lowest BCUT2D eigenvalue weighted by Crippen LogP contribution is -2.68. The van der Waals surface area contributed by atoms with Crippen LogP contribution in [0.15, 0.2) is 42.5 Å². The number of nitrogens with zero attached hydrogens (tertiary/aromatic N) is 3. The van der Waals surface area contributed by atoms with Gasteiger partial charge in [-0.05, 0) is 60.7 Å². The number of amides is 3. The number of hydrogen-bond donors (Lipinski definition) is 2. The van der Waals surface area contributed by atoms with Gasteiger partial charge < -0.3 is 29.5 Å². The lowest BCUT2D eigenvalue weighted by molar-refractivity contribution is -0.140. The Morgan fingerprint density at radius 3 is 2.51 bits per heavy atom. The summed E-state index contributed by atoms with van der Waals surface area (Å²) >= 11 is 0. The first-order valence-electron chi connectivity index (χ1n) is 12.7. The van der Waals surface area contributed by atoms with Gasteiger partial charge in [0, 0.05) is 55.9 Å². The molecule has 0 radical (unpaired) electrons. The first-order chi connectivity index (χ1) is 17.8. The van der Waals surface area contributed by atoms with Crippen LogP contribution < -0.4 is 10.1 Å². The van der Waals surface area contributed by atoms with E-state index in [1.54, 1.807) is 12.0 Å². The van der Waals surface area contributed by atoms with E-state index >= 15 is 0 Å². The zero-order valence-electron chi connectivity index (χ0n) is 21.0. The molecule has 1 aromatic heterocycles. The van der Waals surface area contributed by atoms with E-state index in [1.807, 2.05) is 34.7 Å². The third-order valence-electron chi connectivity index (χ3n) is 8.18. The fraction of sp³-hybridized carbons (Fsp3) is 0.429. The molecule has 0 bridgehead atoms. The topological polar surface area (TPSA) is 87.0 Å². The molecule has 6 rings (SSSR count). The number of ether oxygens (including phenoxy) is 1. The van der Waals surface area contributed by atoms with Crippen molar-refractivity contribution in [2.45, 2.75) is 30.7 Å². The van der Waals surface area contributed by atoms with Crippen molar-refractivity contribution in [3.63, 3.8) is 0 Å². The summed E-state index contributed by atoms with van der Waals surface area (Å²) in [5, 5.41) is 14.4. The molecule has 8 nitrogen and oxygen atoms in total. The number of aromatic nitrogens is 1. The highest BCUT2D eigenvalue weighted by atomic mass is 19.1. The summed E-state index contributed by atoms with van der Waals surface area (Å²) in [5.41, 5.74) is 2.92. The van der Waals surface area contributed by atoms with E-state index in [9.17, 15) is 19.1 Å². The molecular formula is C28H31FN4O4. The number of likely N-dealkylation sites (tertiary alicyclic amines) is 1. The van der Waals surface area contributed by atoms with E-state index in [1.165, 1.54) is 24.3 Å². The molecule has 3 aromatic rings.